The first-order valence-corrected chi connectivity index (χ1v) is 6.28. The van der Waals surface area contributed by atoms with Crippen molar-refractivity contribution in [1.29, 1.82) is 0 Å². The second-order valence-corrected chi connectivity index (χ2v) is 5.28. The van der Waals surface area contributed by atoms with E-state index in [4.69, 9.17) is 18.0 Å². The van der Waals surface area contributed by atoms with Gasteiger partial charge in [-0.1, -0.05) is 25.6 Å². The first-order valence-electron chi connectivity index (χ1n) is 4.22. The number of hydrogen-bond donors (Lipinski definition) is 2. The Bertz CT molecular complexity index is 262. The molecule has 0 fully saturated rings. The molecule has 0 bridgehead atoms. The van der Waals surface area contributed by atoms with Crippen molar-refractivity contribution in [2.24, 2.45) is 5.73 Å². The molecule has 0 rings (SSSR count). The van der Waals surface area contributed by atoms with Gasteiger partial charge in [0.1, 0.15) is 0 Å². The third-order valence-corrected chi connectivity index (χ3v) is 3.31. The lowest BCUT2D eigenvalue weighted by Crippen LogP contribution is -2.43. The van der Waals surface area contributed by atoms with Gasteiger partial charge in [0.05, 0.1) is 16.8 Å². The maximum atomic E-state index is 11.2. The molecular weight excluding hydrogens is 208 g/mol. The third-order valence-electron chi connectivity index (χ3n) is 1.62. The van der Waals surface area contributed by atoms with Gasteiger partial charge in [0.2, 0.25) is 10.0 Å². The Balaban J connectivity index is 4.35. The van der Waals surface area contributed by atoms with Gasteiger partial charge in [-0.25, -0.2) is 13.1 Å². The molecule has 0 heterocycles. The van der Waals surface area contributed by atoms with Crippen molar-refractivity contribution in [2.45, 2.75) is 32.7 Å². The van der Waals surface area contributed by atoms with Crippen LogP contribution in [0.4, 0.5) is 0 Å². The van der Waals surface area contributed by atoms with Gasteiger partial charge in [-0.05, 0) is 13.3 Å². The van der Waals surface area contributed by atoms with Crippen LogP contribution in [0, 0.1) is 0 Å². The summed E-state index contributed by atoms with van der Waals surface area (Å²) in [5, 5.41) is 0. The molecule has 3 N–H and O–H groups in total. The van der Waals surface area contributed by atoms with Crippen LogP contribution in [-0.4, -0.2) is 25.2 Å². The van der Waals surface area contributed by atoms with Crippen LogP contribution in [0.15, 0.2) is 0 Å². The monoisotopic (exact) mass is 224 g/mol. The largest absolute Gasteiger partial charge is 0.392 e. The number of nitrogens with two attached hydrogens (primary N) is 1. The lowest BCUT2D eigenvalue weighted by molar-refractivity contribution is 0.568. The average molecular weight is 224 g/mol. The second kappa shape index (κ2) is 5.51. The predicted molar refractivity (Wildman–Crippen MR) is 58.1 cm³/mol. The SMILES string of the molecule is CCCC(NS(=O)(=O)CC)C(N)=S. The maximum Gasteiger partial charge on any atom is 0.211 e. The molecule has 78 valence electrons. The van der Waals surface area contributed by atoms with E-state index in [9.17, 15) is 8.42 Å². The predicted octanol–water partition coefficient (Wildman–Crippen LogP) is 0.380. The minimum absolute atomic E-state index is 0.0514. The summed E-state index contributed by atoms with van der Waals surface area (Å²) in [6.07, 6.45) is 1.49. The maximum absolute atomic E-state index is 11.2. The molecule has 1 atom stereocenters. The highest BCUT2D eigenvalue weighted by molar-refractivity contribution is 7.89. The summed E-state index contributed by atoms with van der Waals surface area (Å²) >= 11 is 4.75. The number of nitrogens with one attached hydrogen (secondary N) is 1. The summed E-state index contributed by atoms with van der Waals surface area (Å²) in [4.78, 5) is 0.207. The topological polar surface area (TPSA) is 72.2 Å². The van der Waals surface area contributed by atoms with E-state index in [2.05, 4.69) is 4.72 Å². The summed E-state index contributed by atoms with van der Waals surface area (Å²) in [5.41, 5.74) is 5.39. The molecule has 0 aromatic rings. The molecule has 0 aliphatic carbocycles. The van der Waals surface area contributed by atoms with Crippen LogP contribution in [0.2, 0.25) is 0 Å². The van der Waals surface area contributed by atoms with E-state index in [0.29, 0.717) is 6.42 Å². The van der Waals surface area contributed by atoms with Crippen molar-refractivity contribution in [3.05, 3.63) is 0 Å². The Morgan fingerprint density at radius 1 is 1.54 bits per heavy atom. The van der Waals surface area contributed by atoms with Gasteiger partial charge in [-0.3, -0.25) is 0 Å². The first kappa shape index (κ1) is 12.8. The minimum Gasteiger partial charge on any atom is -0.392 e. The zero-order chi connectivity index (χ0) is 10.5. The quantitative estimate of drug-likeness (QED) is 0.640. The molecule has 0 saturated heterocycles. The second-order valence-electron chi connectivity index (χ2n) is 2.76. The fourth-order valence-corrected chi connectivity index (χ4v) is 1.94. The van der Waals surface area contributed by atoms with Crippen LogP contribution in [0.5, 0.6) is 0 Å². The van der Waals surface area contributed by atoms with Crippen molar-refractivity contribution in [3.8, 4) is 0 Å². The van der Waals surface area contributed by atoms with Gasteiger partial charge in [0.15, 0.2) is 0 Å². The summed E-state index contributed by atoms with van der Waals surface area (Å²) in [5.74, 6) is 0.0514. The highest BCUT2D eigenvalue weighted by atomic mass is 32.2. The molecule has 0 saturated carbocycles. The fraction of sp³-hybridized carbons (Fsp3) is 0.857. The van der Waals surface area contributed by atoms with Crippen LogP contribution in [-0.2, 0) is 10.0 Å². The van der Waals surface area contributed by atoms with E-state index in [-0.39, 0.29) is 10.7 Å². The molecule has 0 aliphatic rings. The van der Waals surface area contributed by atoms with Crippen LogP contribution < -0.4 is 10.5 Å². The van der Waals surface area contributed by atoms with Crippen LogP contribution >= 0.6 is 12.2 Å². The standard InChI is InChI=1S/C7H16N2O2S2/c1-3-5-6(7(8)12)9-13(10,11)4-2/h6,9H,3-5H2,1-2H3,(H2,8,12). The molecule has 0 aliphatic heterocycles. The van der Waals surface area contributed by atoms with Gasteiger partial charge in [0.25, 0.3) is 0 Å². The van der Waals surface area contributed by atoms with Gasteiger partial charge in [-0.15, -0.1) is 0 Å². The van der Waals surface area contributed by atoms with E-state index >= 15 is 0 Å². The highest BCUT2D eigenvalue weighted by Gasteiger charge is 2.17. The van der Waals surface area contributed by atoms with Crippen molar-refractivity contribution >= 4 is 27.2 Å². The molecule has 0 aromatic carbocycles. The summed E-state index contributed by atoms with van der Waals surface area (Å²) in [7, 11) is -3.20. The molecular formula is C7H16N2O2S2. The van der Waals surface area contributed by atoms with Crippen molar-refractivity contribution in [2.75, 3.05) is 5.75 Å². The van der Waals surface area contributed by atoms with Gasteiger partial charge < -0.3 is 5.73 Å². The number of hydrogen-bond acceptors (Lipinski definition) is 3. The lowest BCUT2D eigenvalue weighted by Gasteiger charge is -2.15. The smallest absolute Gasteiger partial charge is 0.211 e. The van der Waals surface area contributed by atoms with Crippen LogP contribution in [0.25, 0.3) is 0 Å². The van der Waals surface area contributed by atoms with E-state index < -0.39 is 16.1 Å². The van der Waals surface area contributed by atoms with E-state index in [0.717, 1.165) is 6.42 Å². The molecule has 1 unspecified atom stereocenters. The number of thiocarbonyl (C=S) groups is 1. The summed E-state index contributed by atoms with van der Waals surface area (Å²) < 4.78 is 24.8. The van der Waals surface area contributed by atoms with Crippen LogP contribution in [0.1, 0.15) is 26.7 Å². The Morgan fingerprint density at radius 3 is 2.38 bits per heavy atom. The molecule has 0 spiro atoms. The Hall–Kier alpha value is -0.200. The van der Waals surface area contributed by atoms with Crippen molar-refractivity contribution in [3.63, 3.8) is 0 Å². The van der Waals surface area contributed by atoms with Crippen LogP contribution in [0.3, 0.4) is 0 Å². The number of rotatable bonds is 6. The molecule has 0 radical (unpaired) electrons. The zero-order valence-electron chi connectivity index (χ0n) is 7.91. The molecule has 13 heavy (non-hydrogen) atoms. The summed E-state index contributed by atoms with van der Waals surface area (Å²) in [6.45, 7) is 3.52. The van der Waals surface area contributed by atoms with Crippen molar-refractivity contribution in [1.82, 2.24) is 4.72 Å². The lowest BCUT2D eigenvalue weighted by atomic mass is 10.2. The first-order chi connectivity index (χ1) is 5.93. The van der Waals surface area contributed by atoms with Gasteiger partial charge >= 0.3 is 0 Å². The Labute approximate surface area is 84.9 Å². The number of sulfonamides is 1. The molecule has 0 amide bonds. The Morgan fingerprint density at radius 2 is 2.08 bits per heavy atom. The van der Waals surface area contributed by atoms with E-state index in [1.165, 1.54) is 0 Å². The molecule has 4 nitrogen and oxygen atoms in total. The minimum atomic E-state index is -3.20. The molecule has 0 aromatic heterocycles. The summed E-state index contributed by atoms with van der Waals surface area (Å²) in [6, 6.07) is -0.398. The fourth-order valence-electron chi connectivity index (χ4n) is 0.848. The van der Waals surface area contributed by atoms with Crippen molar-refractivity contribution < 1.29 is 8.42 Å². The zero-order valence-corrected chi connectivity index (χ0v) is 9.54. The van der Waals surface area contributed by atoms with E-state index in [1.54, 1.807) is 6.92 Å². The Kier molecular flexibility index (Phi) is 5.43. The van der Waals surface area contributed by atoms with E-state index in [1.807, 2.05) is 6.92 Å². The normalized spacial score (nSPS) is 14.0. The molecule has 6 heteroatoms. The third kappa shape index (κ3) is 5.17. The van der Waals surface area contributed by atoms with Gasteiger partial charge in [0, 0.05) is 0 Å². The van der Waals surface area contributed by atoms with Gasteiger partial charge in [-0.2, -0.15) is 0 Å². The highest BCUT2D eigenvalue weighted by Crippen LogP contribution is 1.99. The average Bonchev–Trinajstić information content (AvgIpc) is 2.03.